The Hall–Kier alpha value is -2.66. The molecule has 1 unspecified atom stereocenters. The van der Waals surface area contributed by atoms with Crippen LogP contribution in [-0.2, 0) is 24.7 Å². The smallest absolute Gasteiger partial charge is 0.274 e. The summed E-state index contributed by atoms with van der Waals surface area (Å²) in [6.45, 7) is 0.748. The fourth-order valence-corrected chi connectivity index (χ4v) is 4.26. The van der Waals surface area contributed by atoms with Crippen molar-refractivity contribution in [2.75, 3.05) is 6.54 Å². The van der Waals surface area contributed by atoms with E-state index in [0.29, 0.717) is 11.1 Å². The van der Waals surface area contributed by atoms with Crippen LogP contribution >= 0.6 is 11.6 Å². The van der Waals surface area contributed by atoms with Gasteiger partial charge in [0.1, 0.15) is 0 Å². The van der Waals surface area contributed by atoms with Gasteiger partial charge in [-0.3, -0.25) is 9.59 Å². The summed E-state index contributed by atoms with van der Waals surface area (Å²) in [7, 11) is 1.62. The van der Waals surface area contributed by atoms with Gasteiger partial charge in [0, 0.05) is 30.0 Å². The predicted octanol–water partition coefficient (Wildman–Crippen LogP) is 3.36. The van der Waals surface area contributed by atoms with Crippen molar-refractivity contribution in [2.24, 2.45) is 7.05 Å². The average Bonchev–Trinajstić information content (AvgIpc) is 3.16. The van der Waals surface area contributed by atoms with Crippen molar-refractivity contribution in [3.63, 3.8) is 0 Å². The Labute approximate surface area is 168 Å². The summed E-state index contributed by atoms with van der Waals surface area (Å²) >= 11 is 6.31. The van der Waals surface area contributed by atoms with Crippen LogP contribution in [0.2, 0.25) is 5.02 Å². The molecule has 1 aliphatic rings. The molecule has 1 saturated heterocycles. The number of hydrogen-bond acceptors (Lipinski definition) is 3. The van der Waals surface area contributed by atoms with Gasteiger partial charge in [-0.25, -0.2) is 4.68 Å². The highest BCUT2D eigenvalue weighted by Crippen LogP contribution is 2.26. The van der Waals surface area contributed by atoms with Crippen LogP contribution in [0.1, 0.15) is 24.1 Å². The number of nitrogens with zero attached hydrogens (tertiary/aromatic N) is 3. The van der Waals surface area contributed by atoms with Gasteiger partial charge in [-0.05, 0) is 37.0 Å². The van der Waals surface area contributed by atoms with E-state index in [1.165, 1.54) is 4.68 Å². The Kier molecular flexibility index (Phi) is 5.18. The summed E-state index contributed by atoms with van der Waals surface area (Å²) in [5, 5.41) is 6.46. The number of aromatic nitrogens is 2. The highest BCUT2D eigenvalue weighted by Gasteiger charge is 2.29. The zero-order valence-corrected chi connectivity index (χ0v) is 16.5. The van der Waals surface area contributed by atoms with E-state index in [9.17, 15) is 9.59 Å². The monoisotopic (exact) mass is 395 g/mol. The van der Waals surface area contributed by atoms with Crippen LogP contribution in [0.5, 0.6) is 0 Å². The van der Waals surface area contributed by atoms with E-state index in [-0.39, 0.29) is 23.9 Å². The van der Waals surface area contributed by atoms with Gasteiger partial charge in [0.15, 0.2) is 0 Å². The van der Waals surface area contributed by atoms with Crippen molar-refractivity contribution in [3.05, 3.63) is 75.2 Å². The van der Waals surface area contributed by atoms with E-state index in [2.05, 4.69) is 5.10 Å². The number of rotatable bonds is 4. The van der Waals surface area contributed by atoms with Gasteiger partial charge in [-0.1, -0.05) is 48.0 Å². The number of halogens is 1. The second-order valence-electron chi connectivity index (χ2n) is 7.28. The van der Waals surface area contributed by atoms with Crippen molar-refractivity contribution in [1.29, 1.82) is 0 Å². The second kappa shape index (κ2) is 7.76. The second-order valence-corrected chi connectivity index (χ2v) is 7.68. The number of amides is 1. The van der Waals surface area contributed by atoms with Crippen molar-refractivity contribution >= 4 is 28.3 Å². The normalized spacial score (nSPS) is 16.6. The summed E-state index contributed by atoms with van der Waals surface area (Å²) < 4.78 is 1.32. The van der Waals surface area contributed by atoms with Gasteiger partial charge in [0.2, 0.25) is 5.91 Å². The van der Waals surface area contributed by atoms with Crippen LogP contribution in [-0.4, -0.2) is 33.2 Å². The van der Waals surface area contributed by atoms with Crippen molar-refractivity contribution in [2.45, 2.75) is 31.7 Å². The van der Waals surface area contributed by atoms with Crippen LogP contribution in [0, 0.1) is 0 Å². The number of aryl methyl sites for hydroxylation is 1. The van der Waals surface area contributed by atoms with E-state index in [1.54, 1.807) is 13.1 Å². The first kappa shape index (κ1) is 18.7. The molecule has 144 valence electrons. The van der Waals surface area contributed by atoms with Crippen LogP contribution in [0.4, 0.5) is 0 Å². The van der Waals surface area contributed by atoms with Gasteiger partial charge in [-0.15, -0.1) is 0 Å². The minimum absolute atomic E-state index is 0.0471. The quantitative estimate of drug-likeness (QED) is 0.680. The first-order chi connectivity index (χ1) is 13.5. The molecule has 0 saturated carbocycles. The summed E-state index contributed by atoms with van der Waals surface area (Å²) in [4.78, 5) is 27.4. The molecule has 5 nitrogen and oxygen atoms in total. The molecule has 6 heteroatoms. The maximum absolute atomic E-state index is 13.1. The standard InChI is InChI=1S/C22H22ClN3O2/c1-25-22(28)18-10-4-3-9-17(18)20(24-25)14-21(27)26-12-6-8-16(26)13-15-7-2-5-11-19(15)23/h2-5,7,9-11,16H,6,8,12-14H2,1H3. The van der Waals surface area contributed by atoms with E-state index in [0.717, 1.165) is 41.8 Å². The zero-order chi connectivity index (χ0) is 19.7. The molecule has 2 heterocycles. The SMILES string of the molecule is Cn1nc(CC(=O)N2CCCC2Cc2ccccc2Cl)c2ccccc2c1=O. The van der Waals surface area contributed by atoms with Crippen LogP contribution in [0.25, 0.3) is 10.8 Å². The average molecular weight is 396 g/mol. The van der Waals surface area contributed by atoms with Gasteiger partial charge in [0.25, 0.3) is 5.56 Å². The Morgan fingerprint density at radius 3 is 2.64 bits per heavy atom. The molecular formula is C22H22ClN3O2. The van der Waals surface area contributed by atoms with Crippen LogP contribution in [0.3, 0.4) is 0 Å². The lowest BCUT2D eigenvalue weighted by atomic mass is 10.0. The highest BCUT2D eigenvalue weighted by atomic mass is 35.5. The number of fused-ring (bicyclic) bond motifs is 1. The Morgan fingerprint density at radius 1 is 1.14 bits per heavy atom. The topological polar surface area (TPSA) is 55.2 Å². The van der Waals surface area contributed by atoms with E-state index < -0.39 is 0 Å². The number of carbonyl (C=O) groups excluding carboxylic acids is 1. The molecule has 0 spiro atoms. The molecule has 0 radical (unpaired) electrons. The number of likely N-dealkylation sites (tertiary alicyclic amines) is 1. The third-order valence-corrected chi connectivity index (χ3v) is 5.83. The first-order valence-electron chi connectivity index (χ1n) is 9.52. The molecule has 0 N–H and O–H groups in total. The third-order valence-electron chi connectivity index (χ3n) is 5.46. The Bertz CT molecular complexity index is 1090. The number of benzene rings is 2. The lowest BCUT2D eigenvalue weighted by molar-refractivity contribution is -0.131. The first-order valence-corrected chi connectivity index (χ1v) is 9.90. The third kappa shape index (κ3) is 3.54. The molecule has 1 aromatic heterocycles. The molecule has 0 aliphatic carbocycles. The van der Waals surface area contributed by atoms with Crippen LogP contribution < -0.4 is 5.56 Å². The number of hydrogen-bond donors (Lipinski definition) is 0. The zero-order valence-electron chi connectivity index (χ0n) is 15.8. The summed E-state index contributed by atoms with van der Waals surface area (Å²) in [6.07, 6.45) is 2.90. The summed E-state index contributed by atoms with van der Waals surface area (Å²) in [5.74, 6) is 0.0471. The van der Waals surface area contributed by atoms with Crippen molar-refractivity contribution in [3.8, 4) is 0 Å². The molecule has 28 heavy (non-hydrogen) atoms. The molecule has 1 aliphatic heterocycles. The fourth-order valence-electron chi connectivity index (χ4n) is 4.05. The Morgan fingerprint density at radius 2 is 1.86 bits per heavy atom. The molecular weight excluding hydrogens is 374 g/mol. The molecule has 2 aromatic carbocycles. The van der Waals surface area contributed by atoms with E-state index >= 15 is 0 Å². The highest BCUT2D eigenvalue weighted by molar-refractivity contribution is 6.31. The largest absolute Gasteiger partial charge is 0.339 e. The maximum atomic E-state index is 13.1. The lowest BCUT2D eigenvalue weighted by Crippen LogP contribution is -2.38. The molecule has 1 amide bonds. The molecule has 0 bridgehead atoms. The minimum Gasteiger partial charge on any atom is -0.339 e. The van der Waals surface area contributed by atoms with Crippen molar-refractivity contribution in [1.82, 2.24) is 14.7 Å². The lowest BCUT2D eigenvalue weighted by Gasteiger charge is -2.25. The molecule has 1 fully saturated rings. The molecule has 4 rings (SSSR count). The van der Waals surface area contributed by atoms with Gasteiger partial charge < -0.3 is 4.90 Å². The molecule has 1 atom stereocenters. The van der Waals surface area contributed by atoms with Gasteiger partial charge >= 0.3 is 0 Å². The van der Waals surface area contributed by atoms with E-state index in [4.69, 9.17) is 11.6 Å². The van der Waals surface area contributed by atoms with Gasteiger partial charge in [0.05, 0.1) is 17.5 Å². The number of carbonyl (C=O) groups is 1. The van der Waals surface area contributed by atoms with E-state index in [1.807, 2.05) is 47.4 Å². The maximum Gasteiger partial charge on any atom is 0.274 e. The summed E-state index contributed by atoms with van der Waals surface area (Å²) in [5.41, 5.74) is 1.57. The van der Waals surface area contributed by atoms with Crippen LogP contribution in [0.15, 0.2) is 53.3 Å². The minimum atomic E-state index is -0.149. The molecule has 3 aromatic rings. The van der Waals surface area contributed by atoms with Gasteiger partial charge in [-0.2, -0.15) is 5.10 Å². The summed E-state index contributed by atoms with van der Waals surface area (Å²) in [6, 6.07) is 15.3. The fraction of sp³-hybridized carbons (Fsp3) is 0.318. The van der Waals surface area contributed by atoms with Crippen molar-refractivity contribution < 1.29 is 4.79 Å². The Balaban J connectivity index is 1.58. The predicted molar refractivity (Wildman–Crippen MR) is 111 cm³/mol.